The fraction of sp³-hybridized carbons (Fsp3) is 0.261. The third-order valence-corrected chi connectivity index (χ3v) is 5.80. The molecule has 6 nitrogen and oxygen atoms in total. The number of halogens is 2. The van der Waals surface area contributed by atoms with Crippen LogP contribution in [0.15, 0.2) is 36.5 Å². The zero-order chi connectivity index (χ0) is 22.0. The summed E-state index contributed by atoms with van der Waals surface area (Å²) in [5.74, 6) is 2.08. The summed E-state index contributed by atoms with van der Waals surface area (Å²) in [6, 6.07) is 8.08. The summed E-state index contributed by atoms with van der Waals surface area (Å²) in [6.45, 7) is 0. The molecular weight excluding hydrogens is 419 g/mol. The fourth-order valence-corrected chi connectivity index (χ4v) is 4.24. The molecule has 2 aromatic carbocycles. The summed E-state index contributed by atoms with van der Waals surface area (Å²) in [4.78, 5) is 20.5. The third kappa shape index (κ3) is 4.25. The van der Waals surface area contributed by atoms with Crippen LogP contribution in [0.5, 0.6) is 5.75 Å². The average Bonchev–Trinajstić information content (AvgIpc) is 3.20. The summed E-state index contributed by atoms with van der Waals surface area (Å²) >= 11 is 6.33. The van der Waals surface area contributed by atoms with Crippen LogP contribution >= 0.6 is 11.6 Å². The first-order valence-corrected chi connectivity index (χ1v) is 10.2. The molecule has 0 radical (unpaired) electrons. The van der Waals surface area contributed by atoms with Crippen molar-refractivity contribution in [1.29, 1.82) is 0 Å². The average molecular weight is 439 g/mol. The minimum absolute atomic E-state index is 0.00120. The van der Waals surface area contributed by atoms with E-state index < -0.39 is 11.7 Å². The van der Waals surface area contributed by atoms with Crippen molar-refractivity contribution < 1.29 is 13.9 Å². The van der Waals surface area contributed by atoms with Crippen LogP contribution in [-0.2, 0) is 4.79 Å². The number of benzene rings is 2. The standard InChI is InChI=1S/C23H20ClFN4O2/c1-3-20(30)27-17-5-4-6-18(17)29-23-26-12-14-11-13(7-9-16(14)28-23)21-15(25)8-10-19(31-2)22(21)24/h1,7-12,17-18H,4-6H2,2H3,(H,27,30)(H,26,28,29). The van der Waals surface area contributed by atoms with Gasteiger partial charge in [0.25, 0.3) is 5.91 Å². The molecule has 0 saturated heterocycles. The number of anilines is 1. The number of carbonyl (C=O) groups is 1. The number of rotatable bonds is 5. The molecule has 158 valence electrons. The molecule has 8 heteroatoms. The Hall–Kier alpha value is -3.37. The van der Waals surface area contributed by atoms with Gasteiger partial charge in [-0.05, 0) is 55.0 Å². The van der Waals surface area contributed by atoms with Crippen molar-refractivity contribution in [2.24, 2.45) is 0 Å². The minimum Gasteiger partial charge on any atom is -0.495 e. The molecule has 1 fully saturated rings. The highest BCUT2D eigenvalue weighted by Gasteiger charge is 2.28. The van der Waals surface area contributed by atoms with E-state index in [-0.39, 0.29) is 22.7 Å². The number of hydrogen-bond acceptors (Lipinski definition) is 5. The zero-order valence-electron chi connectivity index (χ0n) is 16.8. The Bertz CT molecular complexity index is 1190. The number of nitrogens with zero attached hydrogens (tertiary/aromatic N) is 2. The Morgan fingerprint density at radius 1 is 1.29 bits per heavy atom. The van der Waals surface area contributed by atoms with Gasteiger partial charge in [-0.2, -0.15) is 0 Å². The van der Waals surface area contributed by atoms with Crippen molar-refractivity contribution in [3.05, 3.63) is 47.4 Å². The molecule has 31 heavy (non-hydrogen) atoms. The van der Waals surface area contributed by atoms with Crippen LogP contribution in [0.4, 0.5) is 10.3 Å². The van der Waals surface area contributed by atoms with E-state index in [1.54, 1.807) is 24.4 Å². The predicted octanol–water partition coefficient (Wildman–Crippen LogP) is 4.18. The largest absolute Gasteiger partial charge is 0.495 e. The fourth-order valence-electron chi connectivity index (χ4n) is 3.90. The first-order chi connectivity index (χ1) is 15.0. The molecule has 1 aliphatic carbocycles. The smallest absolute Gasteiger partial charge is 0.295 e. The van der Waals surface area contributed by atoms with Gasteiger partial charge in [0.15, 0.2) is 0 Å². The van der Waals surface area contributed by atoms with E-state index in [1.807, 2.05) is 0 Å². The molecule has 2 atom stereocenters. The molecule has 3 aromatic rings. The maximum Gasteiger partial charge on any atom is 0.295 e. The van der Waals surface area contributed by atoms with E-state index in [9.17, 15) is 9.18 Å². The number of terminal acetylenes is 1. The topological polar surface area (TPSA) is 76.1 Å². The number of hydrogen-bond donors (Lipinski definition) is 2. The maximum absolute atomic E-state index is 14.5. The van der Waals surface area contributed by atoms with Gasteiger partial charge in [0.05, 0.1) is 17.6 Å². The van der Waals surface area contributed by atoms with Gasteiger partial charge in [0, 0.05) is 29.2 Å². The quantitative estimate of drug-likeness (QED) is 0.584. The van der Waals surface area contributed by atoms with Gasteiger partial charge in [-0.1, -0.05) is 17.7 Å². The summed E-state index contributed by atoms with van der Waals surface area (Å²) in [5.41, 5.74) is 1.57. The van der Waals surface area contributed by atoms with Crippen LogP contribution in [0.1, 0.15) is 19.3 Å². The summed E-state index contributed by atoms with van der Waals surface area (Å²) in [7, 11) is 1.48. The molecule has 4 rings (SSSR count). The van der Waals surface area contributed by atoms with E-state index >= 15 is 0 Å². The van der Waals surface area contributed by atoms with Gasteiger partial charge < -0.3 is 15.4 Å². The lowest BCUT2D eigenvalue weighted by Crippen LogP contribution is -2.43. The lowest BCUT2D eigenvalue weighted by molar-refractivity contribution is -0.116. The molecule has 1 aromatic heterocycles. The number of amides is 1. The summed E-state index contributed by atoms with van der Waals surface area (Å²) in [6.07, 6.45) is 9.51. The van der Waals surface area contributed by atoms with Gasteiger partial charge >= 0.3 is 0 Å². The van der Waals surface area contributed by atoms with E-state index in [0.717, 1.165) is 24.6 Å². The second-order valence-electron chi connectivity index (χ2n) is 7.31. The number of methoxy groups -OCH3 is 1. The Kier molecular flexibility index (Phi) is 5.92. The summed E-state index contributed by atoms with van der Waals surface area (Å²) in [5, 5.41) is 7.07. The van der Waals surface area contributed by atoms with Gasteiger partial charge in [-0.25, -0.2) is 14.4 Å². The van der Waals surface area contributed by atoms with Crippen LogP contribution in [0.3, 0.4) is 0 Å². The second-order valence-corrected chi connectivity index (χ2v) is 7.69. The van der Waals surface area contributed by atoms with E-state index in [4.69, 9.17) is 22.8 Å². The van der Waals surface area contributed by atoms with Crippen molar-refractivity contribution >= 4 is 34.4 Å². The van der Waals surface area contributed by atoms with Gasteiger partial charge in [-0.15, -0.1) is 6.42 Å². The van der Waals surface area contributed by atoms with E-state index in [1.165, 1.54) is 19.2 Å². The number of nitrogens with one attached hydrogen (secondary N) is 2. The van der Waals surface area contributed by atoms with Crippen molar-refractivity contribution in [1.82, 2.24) is 15.3 Å². The molecule has 2 N–H and O–H groups in total. The van der Waals surface area contributed by atoms with E-state index in [2.05, 4.69) is 26.5 Å². The number of ether oxygens (including phenoxy) is 1. The molecule has 1 heterocycles. The molecule has 0 spiro atoms. The van der Waals surface area contributed by atoms with Crippen LogP contribution in [0.2, 0.25) is 5.02 Å². The molecule has 1 aliphatic rings. The maximum atomic E-state index is 14.5. The van der Waals surface area contributed by atoms with Crippen LogP contribution in [0.25, 0.3) is 22.0 Å². The molecule has 0 aliphatic heterocycles. The highest BCUT2D eigenvalue weighted by atomic mass is 35.5. The molecule has 1 amide bonds. The highest BCUT2D eigenvalue weighted by molar-refractivity contribution is 6.34. The predicted molar refractivity (Wildman–Crippen MR) is 119 cm³/mol. The van der Waals surface area contributed by atoms with Crippen LogP contribution in [-0.4, -0.2) is 35.1 Å². The Labute approximate surface area is 184 Å². The lowest BCUT2D eigenvalue weighted by atomic mass is 10.0. The zero-order valence-corrected chi connectivity index (χ0v) is 17.5. The molecular formula is C23H20ClFN4O2. The van der Waals surface area contributed by atoms with E-state index in [0.29, 0.717) is 22.8 Å². The van der Waals surface area contributed by atoms with Gasteiger partial charge in [0.2, 0.25) is 5.95 Å². The molecule has 2 unspecified atom stereocenters. The second kappa shape index (κ2) is 8.78. The number of aromatic nitrogens is 2. The van der Waals surface area contributed by atoms with Crippen molar-refractivity contribution in [2.75, 3.05) is 12.4 Å². The minimum atomic E-state index is -0.439. The monoisotopic (exact) mass is 438 g/mol. The SMILES string of the molecule is C#CC(=O)NC1CCCC1Nc1ncc2cc(-c3c(F)ccc(OC)c3Cl)ccc2n1. The molecule has 0 bridgehead atoms. The Morgan fingerprint density at radius 2 is 2.10 bits per heavy atom. The van der Waals surface area contributed by atoms with Crippen molar-refractivity contribution in [3.8, 4) is 29.2 Å². The summed E-state index contributed by atoms with van der Waals surface area (Å²) < 4.78 is 19.7. The Morgan fingerprint density at radius 3 is 2.87 bits per heavy atom. The van der Waals surface area contributed by atoms with Gasteiger partial charge in [0.1, 0.15) is 11.6 Å². The van der Waals surface area contributed by atoms with Crippen molar-refractivity contribution in [2.45, 2.75) is 31.3 Å². The van der Waals surface area contributed by atoms with Crippen LogP contribution < -0.4 is 15.4 Å². The van der Waals surface area contributed by atoms with Crippen molar-refractivity contribution in [3.63, 3.8) is 0 Å². The van der Waals surface area contributed by atoms with Crippen LogP contribution in [0, 0.1) is 18.2 Å². The highest BCUT2D eigenvalue weighted by Crippen LogP contribution is 2.38. The number of fused-ring (bicyclic) bond motifs is 1. The first-order valence-electron chi connectivity index (χ1n) is 9.83. The molecule has 1 saturated carbocycles. The van der Waals surface area contributed by atoms with Gasteiger partial charge in [-0.3, -0.25) is 4.79 Å². The normalized spacial score (nSPS) is 17.9. The number of carbonyl (C=O) groups excluding carboxylic acids is 1. The first kappa shape index (κ1) is 20.9. The Balaban J connectivity index is 1.60. The lowest BCUT2D eigenvalue weighted by Gasteiger charge is -2.21. The third-order valence-electron chi connectivity index (χ3n) is 5.42.